The van der Waals surface area contributed by atoms with E-state index in [0.29, 0.717) is 5.56 Å². The van der Waals surface area contributed by atoms with Crippen molar-refractivity contribution in [3.05, 3.63) is 59.8 Å². The number of hydrogen-bond acceptors (Lipinski definition) is 5. The zero-order chi connectivity index (χ0) is 22.2. The van der Waals surface area contributed by atoms with Crippen molar-refractivity contribution in [3.8, 4) is 0 Å². The topological polar surface area (TPSA) is 57.4 Å². The van der Waals surface area contributed by atoms with Gasteiger partial charge in [0.1, 0.15) is 0 Å². The van der Waals surface area contributed by atoms with E-state index in [1.54, 1.807) is 12.3 Å². The number of aromatic nitrogens is 1. The molecular weight excluding hydrogens is 403 g/mol. The first kappa shape index (κ1) is 21.2. The first-order valence-electron chi connectivity index (χ1n) is 10.3. The number of likely N-dealkylation sites (N-methyl/N-ethyl adjacent to an activating group) is 1. The van der Waals surface area contributed by atoms with Crippen molar-refractivity contribution in [3.63, 3.8) is 0 Å². The van der Waals surface area contributed by atoms with Gasteiger partial charge in [0.2, 0.25) is 0 Å². The van der Waals surface area contributed by atoms with Crippen molar-refractivity contribution in [2.24, 2.45) is 0 Å². The Balaban J connectivity index is 1.64. The normalized spacial score (nSPS) is 16.5. The van der Waals surface area contributed by atoms with E-state index in [-0.39, 0.29) is 11.7 Å². The van der Waals surface area contributed by atoms with Gasteiger partial charge in [-0.3, -0.25) is 4.98 Å². The fraction of sp³-hybridized carbons (Fsp3) is 0.348. The second kappa shape index (κ2) is 8.26. The van der Waals surface area contributed by atoms with Gasteiger partial charge >= 0.3 is 6.18 Å². The van der Waals surface area contributed by atoms with Crippen LogP contribution in [0.15, 0.2) is 48.7 Å². The maximum absolute atomic E-state index is 13.2. The molecule has 164 valence electrons. The van der Waals surface area contributed by atoms with E-state index in [2.05, 4.69) is 39.3 Å². The van der Waals surface area contributed by atoms with Gasteiger partial charge in [0.25, 0.3) is 0 Å². The van der Waals surface area contributed by atoms with E-state index in [4.69, 9.17) is 5.73 Å². The molecule has 0 unspecified atom stereocenters. The number of nitrogens with one attached hydrogen (secondary N) is 1. The van der Waals surface area contributed by atoms with Crippen LogP contribution < -0.4 is 16.0 Å². The largest absolute Gasteiger partial charge is 0.416 e. The molecular formula is C23H26F3N5. The van der Waals surface area contributed by atoms with Gasteiger partial charge < -0.3 is 20.9 Å². The minimum absolute atomic E-state index is 0.0930. The standard InChI is InChI=1S/C23H26F3N5/c1-15(16-11-17(23(24,25)26)13-18(27)12-16)29-22-5-6-28-21-4-3-19(14-20(21)22)31-9-7-30(2)8-10-31/h3-6,11-15H,7-10,27H2,1-2H3,(H,28,29)/t15-/m1/s1. The molecule has 3 N–H and O–H groups in total. The van der Waals surface area contributed by atoms with Gasteiger partial charge in [-0.15, -0.1) is 0 Å². The molecule has 0 radical (unpaired) electrons. The van der Waals surface area contributed by atoms with Crippen molar-refractivity contribution >= 4 is 28.0 Å². The van der Waals surface area contributed by atoms with E-state index < -0.39 is 11.7 Å². The minimum Gasteiger partial charge on any atom is -0.399 e. The number of nitrogens with zero attached hydrogens (tertiary/aromatic N) is 3. The number of rotatable bonds is 4. The third kappa shape index (κ3) is 4.69. The van der Waals surface area contributed by atoms with Crippen LogP contribution in [0.5, 0.6) is 0 Å². The molecule has 1 atom stereocenters. The van der Waals surface area contributed by atoms with Crippen LogP contribution in [-0.4, -0.2) is 43.1 Å². The zero-order valence-electron chi connectivity index (χ0n) is 17.6. The number of halogens is 3. The molecule has 1 aromatic heterocycles. The molecule has 0 spiro atoms. The fourth-order valence-corrected chi connectivity index (χ4v) is 3.93. The summed E-state index contributed by atoms with van der Waals surface area (Å²) in [6.45, 7) is 5.73. The van der Waals surface area contributed by atoms with E-state index in [1.807, 2.05) is 19.1 Å². The summed E-state index contributed by atoms with van der Waals surface area (Å²) in [6.07, 6.45) is -2.74. The number of pyridine rings is 1. The number of benzene rings is 2. The number of nitrogen functional groups attached to an aromatic ring is 1. The van der Waals surface area contributed by atoms with Crippen LogP contribution in [0.4, 0.5) is 30.2 Å². The molecule has 31 heavy (non-hydrogen) atoms. The predicted molar refractivity (Wildman–Crippen MR) is 119 cm³/mol. The first-order valence-corrected chi connectivity index (χ1v) is 10.3. The lowest BCUT2D eigenvalue weighted by molar-refractivity contribution is -0.137. The van der Waals surface area contributed by atoms with E-state index in [0.717, 1.165) is 60.6 Å². The summed E-state index contributed by atoms with van der Waals surface area (Å²) in [4.78, 5) is 9.09. The lowest BCUT2D eigenvalue weighted by Gasteiger charge is -2.34. The summed E-state index contributed by atoms with van der Waals surface area (Å²) < 4.78 is 39.6. The molecule has 0 aliphatic carbocycles. The molecule has 8 heteroatoms. The Bertz CT molecular complexity index is 1070. The number of alkyl halides is 3. The molecule has 4 rings (SSSR count). The quantitative estimate of drug-likeness (QED) is 0.586. The highest BCUT2D eigenvalue weighted by molar-refractivity contribution is 5.93. The van der Waals surface area contributed by atoms with Gasteiger partial charge in [0.05, 0.1) is 11.1 Å². The van der Waals surface area contributed by atoms with Crippen molar-refractivity contribution in [2.45, 2.75) is 19.1 Å². The van der Waals surface area contributed by atoms with Crippen LogP contribution in [0, 0.1) is 0 Å². The van der Waals surface area contributed by atoms with Crippen LogP contribution in [-0.2, 0) is 6.18 Å². The maximum Gasteiger partial charge on any atom is 0.416 e. The van der Waals surface area contributed by atoms with E-state index >= 15 is 0 Å². The Labute approximate surface area is 179 Å². The third-order valence-electron chi connectivity index (χ3n) is 5.77. The number of nitrogens with two attached hydrogens (primary N) is 1. The molecule has 1 fully saturated rings. The SMILES string of the molecule is C[C@@H](Nc1ccnc2ccc(N3CCN(C)CC3)cc12)c1cc(N)cc(C(F)(F)F)c1. The summed E-state index contributed by atoms with van der Waals surface area (Å²) in [6, 6.07) is 11.3. The fourth-order valence-electron chi connectivity index (χ4n) is 3.93. The molecule has 0 bridgehead atoms. The molecule has 1 aliphatic rings. The minimum atomic E-state index is -4.44. The van der Waals surface area contributed by atoms with Gasteiger partial charge in [-0.2, -0.15) is 13.2 Å². The van der Waals surface area contributed by atoms with Crippen molar-refractivity contribution in [1.29, 1.82) is 0 Å². The van der Waals surface area contributed by atoms with Crippen LogP contribution in [0.1, 0.15) is 24.1 Å². The van der Waals surface area contributed by atoms with Crippen molar-refractivity contribution < 1.29 is 13.2 Å². The summed E-state index contributed by atoms with van der Waals surface area (Å²) >= 11 is 0. The Kier molecular flexibility index (Phi) is 5.66. The number of anilines is 3. The lowest BCUT2D eigenvalue weighted by atomic mass is 10.0. The predicted octanol–water partition coefficient (Wildman–Crippen LogP) is 4.76. The molecule has 0 saturated carbocycles. The Morgan fingerprint density at radius 1 is 1.03 bits per heavy atom. The third-order valence-corrected chi connectivity index (χ3v) is 5.77. The van der Waals surface area contributed by atoms with Crippen molar-refractivity contribution in [1.82, 2.24) is 9.88 Å². The Hall–Kier alpha value is -3.00. The summed E-state index contributed by atoms with van der Waals surface area (Å²) in [5.41, 5.74) is 8.35. The lowest BCUT2D eigenvalue weighted by Crippen LogP contribution is -2.44. The summed E-state index contributed by atoms with van der Waals surface area (Å²) in [5.74, 6) is 0. The first-order chi connectivity index (χ1) is 14.7. The van der Waals surface area contributed by atoms with Crippen LogP contribution in [0.25, 0.3) is 10.9 Å². The average molecular weight is 429 g/mol. The molecule has 1 aliphatic heterocycles. The number of fused-ring (bicyclic) bond motifs is 1. The molecule has 0 amide bonds. The van der Waals surface area contributed by atoms with Gasteiger partial charge in [0.15, 0.2) is 0 Å². The van der Waals surface area contributed by atoms with Gasteiger partial charge in [-0.25, -0.2) is 0 Å². The zero-order valence-corrected chi connectivity index (χ0v) is 17.6. The Morgan fingerprint density at radius 2 is 1.77 bits per heavy atom. The molecule has 5 nitrogen and oxygen atoms in total. The summed E-state index contributed by atoms with van der Waals surface area (Å²) in [7, 11) is 2.12. The molecule has 2 heterocycles. The van der Waals surface area contributed by atoms with Gasteiger partial charge in [-0.05, 0) is 62.0 Å². The van der Waals surface area contributed by atoms with E-state index in [9.17, 15) is 13.2 Å². The number of piperazine rings is 1. The van der Waals surface area contributed by atoms with Crippen LogP contribution in [0.2, 0.25) is 0 Å². The van der Waals surface area contributed by atoms with Crippen LogP contribution >= 0.6 is 0 Å². The van der Waals surface area contributed by atoms with Gasteiger partial charge in [0, 0.05) is 60.9 Å². The smallest absolute Gasteiger partial charge is 0.399 e. The van der Waals surface area contributed by atoms with Gasteiger partial charge in [-0.1, -0.05) is 0 Å². The molecule has 1 saturated heterocycles. The van der Waals surface area contributed by atoms with E-state index in [1.165, 1.54) is 0 Å². The van der Waals surface area contributed by atoms with Crippen molar-refractivity contribution in [2.75, 3.05) is 49.2 Å². The Morgan fingerprint density at radius 3 is 2.48 bits per heavy atom. The molecule has 2 aromatic carbocycles. The monoisotopic (exact) mass is 429 g/mol. The molecule has 3 aromatic rings. The highest BCUT2D eigenvalue weighted by atomic mass is 19.4. The average Bonchev–Trinajstić information content (AvgIpc) is 2.73. The highest BCUT2D eigenvalue weighted by Crippen LogP contribution is 2.34. The number of hydrogen-bond donors (Lipinski definition) is 2. The highest BCUT2D eigenvalue weighted by Gasteiger charge is 2.31. The maximum atomic E-state index is 13.2. The summed E-state index contributed by atoms with van der Waals surface area (Å²) in [5, 5.41) is 4.29. The van der Waals surface area contributed by atoms with Crippen LogP contribution in [0.3, 0.4) is 0 Å². The second-order valence-corrected chi connectivity index (χ2v) is 8.10. The second-order valence-electron chi connectivity index (χ2n) is 8.10.